The van der Waals surface area contributed by atoms with Crippen molar-refractivity contribution in [3.8, 4) is 0 Å². The van der Waals surface area contributed by atoms with Crippen molar-refractivity contribution in [2.45, 2.75) is 70.4 Å². The number of anilines is 1. The van der Waals surface area contributed by atoms with E-state index in [0.717, 1.165) is 76.6 Å². The van der Waals surface area contributed by atoms with Crippen molar-refractivity contribution in [1.82, 2.24) is 10.2 Å². The summed E-state index contributed by atoms with van der Waals surface area (Å²) in [5, 5.41) is 7.65. The summed E-state index contributed by atoms with van der Waals surface area (Å²) < 4.78 is 0. The molecule has 6 heteroatoms. The molecule has 2 fully saturated rings. The maximum Gasteiger partial charge on any atom is 0.245 e. The van der Waals surface area contributed by atoms with Gasteiger partial charge < -0.3 is 20.3 Å². The number of hydrogen-bond donors (Lipinski definition) is 2. The van der Waals surface area contributed by atoms with Crippen molar-refractivity contribution >= 4 is 29.5 Å². The Balaban J connectivity index is 1.66. The van der Waals surface area contributed by atoms with Crippen LogP contribution >= 0.6 is 11.6 Å². The van der Waals surface area contributed by atoms with Crippen LogP contribution < -0.4 is 10.6 Å². The first kappa shape index (κ1) is 22.1. The van der Waals surface area contributed by atoms with E-state index in [1.165, 1.54) is 5.56 Å². The van der Waals surface area contributed by atoms with E-state index in [-0.39, 0.29) is 18.0 Å². The van der Waals surface area contributed by atoms with Gasteiger partial charge in [-0.2, -0.15) is 0 Å². The molecule has 3 rings (SSSR count). The highest BCUT2D eigenvalue weighted by atomic mass is 35.5. The lowest BCUT2D eigenvalue weighted by Gasteiger charge is -2.44. The Labute approximate surface area is 179 Å². The lowest BCUT2D eigenvalue weighted by Crippen LogP contribution is -2.58. The second-order valence-electron chi connectivity index (χ2n) is 8.34. The third-order valence-corrected chi connectivity index (χ3v) is 6.53. The molecule has 3 atom stereocenters. The molecule has 5 nitrogen and oxygen atoms in total. The number of hydrogen-bond acceptors (Lipinski definition) is 4. The molecule has 2 aliphatic heterocycles. The van der Waals surface area contributed by atoms with Gasteiger partial charge in [0.2, 0.25) is 5.91 Å². The van der Waals surface area contributed by atoms with E-state index in [9.17, 15) is 9.59 Å². The van der Waals surface area contributed by atoms with E-state index in [4.69, 9.17) is 11.6 Å². The number of aryl methyl sites for hydroxylation is 1. The van der Waals surface area contributed by atoms with Gasteiger partial charge in [-0.25, -0.2) is 0 Å². The van der Waals surface area contributed by atoms with Gasteiger partial charge in [0.1, 0.15) is 12.3 Å². The zero-order chi connectivity index (χ0) is 20.6. The van der Waals surface area contributed by atoms with Crippen LogP contribution in [0.4, 0.5) is 5.69 Å². The lowest BCUT2D eigenvalue weighted by molar-refractivity contribution is -0.138. The Hall–Kier alpha value is -1.59. The largest absolute Gasteiger partial charge is 0.374 e. The highest BCUT2D eigenvalue weighted by Crippen LogP contribution is 2.29. The monoisotopic (exact) mass is 419 g/mol. The standard InChI is InChI=1S/C23H34ClN3O2/c1-2-17-13-19(24)15-20(14-17)26-21-8-6-11-27(23(21)29)22-16-25-10-9-18(22)7-4-3-5-12-28/h12-15,18,21-22,25-26H,2-11,16H2,1H3/t18?,21-,22+/m1/s1. The molecular formula is C23H34ClN3O2. The van der Waals surface area contributed by atoms with Crippen molar-refractivity contribution < 1.29 is 9.59 Å². The van der Waals surface area contributed by atoms with Crippen molar-refractivity contribution in [3.63, 3.8) is 0 Å². The van der Waals surface area contributed by atoms with Crippen molar-refractivity contribution in [3.05, 3.63) is 28.8 Å². The molecule has 160 valence electrons. The average molecular weight is 420 g/mol. The summed E-state index contributed by atoms with van der Waals surface area (Å²) in [6.07, 6.45) is 8.64. The molecule has 2 heterocycles. The molecule has 1 amide bonds. The van der Waals surface area contributed by atoms with Crippen LogP contribution in [0.2, 0.25) is 5.02 Å². The molecule has 0 aliphatic carbocycles. The number of halogens is 1. The number of piperidine rings is 2. The highest BCUT2D eigenvalue weighted by Gasteiger charge is 2.37. The predicted molar refractivity (Wildman–Crippen MR) is 118 cm³/mol. The van der Waals surface area contributed by atoms with Crippen LogP contribution in [0.5, 0.6) is 0 Å². The average Bonchev–Trinajstić information content (AvgIpc) is 2.73. The van der Waals surface area contributed by atoms with E-state index in [1.807, 2.05) is 12.1 Å². The van der Waals surface area contributed by atoms with Gasteiger partial charge in [0.25, 0.3) is 0 Å². The van der Waals surface area contributed by atoms with Crippen LogP contribution in [0.1, 0.15) is 57.4 Å². The fourth-order valence-corrected chi connectivity index (χ4v) is 4.99. The first-order chi connectivity index (χ1) is 14.1. The van der Waals surface area contributed by atoms with Crippen LogP contribution in [-0.2, 0) is 16.0 Å². The van der Waals surface area contributed by atoms with Gasteiger partial charge in [-0.05, 0) is 74.8 Å². The fraction of sp³-hybridized carbons (Fsp3) is 0.652. The van der Waals surface area contributed by atoms with Gasteiger partial charge in [0.15, 0.2) is 0 Å². The SMILES string of the molecule is CCc1cc(Cl)cc(N[C@@H]2CCCN([C@H]3CNCCC3CCCCC=O)C2=O)c1. The minimum Gasteiger partial charge on any atom is -0.374 e. The van der Waals surface area contributed by atoms with Gasteiger partial charge in [-0.15, -0.1) is 0 Å². The summed E-state index contributed by atoms with van der Waals surface area (Å²) in [5.74, 6) is 0.726. The molecule has 2 aliphatic rings. The topological polar surface area (TPSA) is 61.4 Å². The maximum absolute atomic E-state index is 13.3. The molecule has 1 aromatic rings. The molecule has 0 bridgehead atoms. The first-order valence-corrected chi connectivity index (χ1v) is 11.5. The zero-order valence-electron chi connectivity index (χ0n) is 17.5. The number of nitrogens with zero attached hydrogens (tertiary/aromatic N) is 1. The summed E-state index contributed by atoms with van der Waals surface area (Å²) in [5.41, 5.74) is 2.11. The molecule has 2 saturated heterocycles. The quantitative estimate of drug-likeness (QED) is 0.468. The molecule has 0 saturated carbocycles. The zero-order valence-corrected chi connectivity index (χ0v) is 18.2. The van der Waals surface area contributed by atoms with Gasteiger partial charge in [0, 0.05) is 36.3 Å². The molecule has 29 heavy (non-hydrogen) atoms. The number of carbonyl (C=O) groups is 2. The van der Waals surface area contributed by atoms with Crippen molar-refractivity contribution in [1.29, 1.82) is 0 Å². The number of carbonyl (C=O) groups excluding carboxylic acids is 2. The third-order valence-electron chi connectivity index (χ3n) is 6.32. The first-order valence-electron chi connectivity index (χ1n) is 11.1. The summed E-state index contributed by atoms with van der Waals surface area (Å²) in [6.45, 7) is 4.83. The Bertz CT molecular complexity index is 697. The van der Waals surface area contributed by atoms with E-state index < -0.39 is 0 Å². The molecular weight excluding hydrogens is 386 g/mol. The Morgan fingerprint density at radius 3 is 2.93 bits per heavy atom. The Morgan fingerprint density at radius 2 is 2.14 bits per heavy atom. The number of likely N-dealkylation sites (tertiary alicyclic amines) is 1. The van der Waals surface area contributed by atoms with Crippen molar-refractivity contribution in [2.24, 2.45) is 5.92 Å². The molecule has 0 spiro atoms. The Kier molecular flexibility index (Phi) is 8.37. The summed E-state index contributed by atoms with van der Waals surface area (Å²) in [7, 11) is 0. The number of unbranched alkanes of at least 4 members (excludes halogenated alkanes) is 2. The van der Waals surface area contributed by atoms with Crippen LogP contribution in [0.25, 0.3) is 0 Å². The minimum absolute atomic E-state index is 0.190. The molecule has 1 aromatic carbocycles. The van der Waals surface area contributed by atoms with Crippen molar-refractivity contribution in [2.75, 3.05) is 25.0 Å². The fourth-order valence-electron chi connectivity index (χ4n) is 4.73. The minimum atomic E-state index is -0.190. The van der Waals surface area contributed by atoms with E-state index in [1.54, 1.807) is 0 Å². The van der Waals surface area contributed by atoms with Gasteiger partial charge >= 0.3 is 0 Å². The van der Waals surface area contributed by atoms with E-state index in [0.29, 0.717) is 17.4 Å². The molecule has 0 aromatic heterocycles. The molecule has 0 radical (unpaired) electrons. The second-order valence-corrected chi connectivity index (χ2v) is 8.78. The van der Waals surface area contributed by atoms with Gasteiger partial charge in [-0.1, -0.05) is 24.9 Å². The number of aldehydes is 1. The third kappa shape index (κ3) is 5.95. The van der Waals surface area contributed by atoms with Gasteiger partial charge in [0.05, 0.1) is 0 Å². The summed E-state index contributed by atoms with van der Waals surface area (Å²) in [6, 6.07) is 6.04. The Morgan fingerprint density at radius 1 is 1.28 bits per heavy atom. The van der Waals surface area contributed by atoms with Crippen LogP contribution in [-0.4, -0.2) is 48.8 Å². The second kappa shape index (κ2) is 11.0. The number of benzene rings is 1. The maximum atomic E-state index is 13.3. The summed E-state index contributed by atoms with van der Waals surface area (Å²) in [4.78, 5) is 26.0. The predicted octanol–water partition coefficient (Wildman–Crippen LogP) is 4.04. The highest BCUT2D eigenvalue weighted by molar-refractivity contribution is 6.30. The smallest absolute Gasteiger partial charge is 0.245 e. The van der Waals surface area contributed by atoms with E-state index >= 15 is 0 Å². The normalized spacial score (nSPS) is 25.1. The molecule has 2 N–H and O–H groups in total. The van der Waals surface area contributed by atoms with Gasteiger partial charge in [-0.3, -0.25) is 4.79 Å². The van der Waals surface area contributed by atoms with Crippen LogP contribution in [0, 0.1) is 5.92 Å². The van der Waals surface area contributed by atoms with E-state index in [2.05, 4.69) is 28.5 Å². The lowest BCUT2D eigenvalue weighted by atomic mass is 9.85. The number of nitrogens with one attached hydrogen (secondary N) is 2. The molecule has 1 unspecified atom stereocenters. The number of rotatable bonds is 9. The summed E-state index contributed by atoms with van der Waals surface area (Å²) >= 11 is 6.26. The van der Waals surface area contributed by atoms with Crippen LogP contribution in [0.3, 0.4) is 0 Å². The number of amides is 1. The van der Waals surface area contributed by atoms with Crippen LogP contribution in [0.15, 0.2) is 18.2 Å².